The minimum atomic E-state index is -0.975. The second kappa shape index (κ2) is 6.74. The van der Waals surface area contributed by atoms with Crippen molar-refractivity contribution in [3.05, 3.63) is 51.8 Å². The predicted octanol–water partition coefficient (Wildman–Crippen LogP) is 2.37. The molecule has 0 saturated carbocycles. The van der Waals surface area contributed by atoms with Gasteiger partial charge < -0.3 is 14.9 Å². The number of aliphatic hydroxyl groups is 1. The largest absolute Gasteiger partial charge is 0.386 e. The molecule has 2 N–H and O–H groups in total. The van der Waals surface area contributed by atoms with Gasteiger partial charge in [-0.3, -0.25) is 4.79 Å². The van der Waals surface area contributed by atoms with Crippen LogP contribution < -0.4 is 5.32 Å². The molecule has 5 nitrogen and oxygen atoms in total. The molecule has 106 valence electrons. The lowest BCUT2D eigenvalue weighted by Gasteiger charge is -2.15. The fourth-order valence-corrected chi connectivity index (χ4v) is 2.35. The van der Waals surface area contributed by atoms with E-state index in [9.17, 15) is 9.90 Å². The Morgan fingerprint density at radius 1 is 1.35 bits per heavy atom. The molecule has 20 heavy (non-hydrogen) atoms. The number of halogens is 2. The summed E-state index contributed by atoms with van der Waals surface area (Å²) < 4.78 is 4.63. The average molecular weight is 315 g/mol. The van der Waals surface area contributed by atoms with E-state index in [0.717, 1.165) is 0 Å². The molecule has 1 aromatic carbocycles. The van der Waals surface area contributed by atoms with Gasteiger partial charge in [0.05, 0.1) is 18.2 Å². The number of rotatable bonds is 5. The maximum Gasteiger partial charge on any atom is 0.226 e. The first-order valence-corrected chi connectivity index (χ1v) is 6.61. The fraction of sp³-hybridized carbons (Fsp3) is 0.231. The maximum atomic E-state index is 11.6. The number of benzene rings is 1. The molecular formula is C13H12Cl2N2O3. The zero-order chi connectivity index (χ0) is 14.5. The summed E-state index contributed by atoms with van der Waals surface area (Å²) in [6.45, 7) is 0.0140. The van der Waals surface area contributed by atoms with Crippen molar-refractivity contribution >= 4 is 29.1 Å². The number of aromatic nitrogens is 1. The zero-order valence-electron chi connectivity index (χ0n) is 10.3. The fourth-order valence-electron chi connectivity index (χ4n) is 1.70. The maximum absolute atomic E-state index is 11.6. The number of nitrogens with one attached hydrogen (secondary N) is 1. The Balaban J connectivity index is 1.92. The van der Waals surface area contributed by atoms with Crippen molar-refractivity contribution in [1.29, 1.82) is 0 Å². The summed E-state index contributed by atoms with van der Waals surface area (Å²) in [7, 11) is 0. The molecule has 0 aliphatic heterocycles. The summed E-state index contributed by atoms with van der Waals surface area (Å²) in [5.41, 5.74) is 0.922. The van der Waals surface area contributed by atoms with Gasteiger partial charge in [0.15, 0.2) is 0 Å². The lowest BCUT2D eigenvalue weighted by atomic mass is 10.1. The Morgan fingerprint density at radius 3 is 2.65 bits per heavy atom. The summed E-state index contributed by atoms with van der Waals surface area (Å²) in [5.74, 6) is -0.277. The van der Waals surface area contributed by atoms with E-state index in [4.69, 9.17) is 23.2 Å². The van der Waals surface area contributed by atoms with E-state index < -0.39 is 6.10 Å². The topological polar surface area (TPSA) is 75.4 Å². The highest BCUT2D eigenvalue weighted by Gasteiger charge is 2.16. The van der Waals surface area contributed by atoms with Crippen molar-refractivity contribution in [2.45, 2.75) is 12.5 Å². The van der Waals surface area contributed by atoms with Crippen LogP contribution in [-0.2, 0) is 11.2 Å². The van der Waals surface area contributed by atoms with Gasteiger partial charge in [-0.25, -0.2) is 0 Å². The predicted molar refractivity (Wildman–Crippen MR) is 74.6 cm³/mol. The molecule has 0 aliphatic rings. The van der Waals surface area contributed by atoms with Crippen LogP contribution in [0.2, 0.25) is 10.0 Å². The summed E-state index contributed by atoms with van der Waals surface area (Å²) in [6.07, 6.45) is 0.498. The molecule has 1 atom stereocenters. The monoisotopic (exact) mass is 314 g/mol. The van der Waals surface area contributed by atoms with Crippen LogP contribution in [0.5, 0.6) is 0 Å². The van der Waals surface area contributed by atoms with Crippen LogP contribution in [0.15, 0.2) is 35.1 Å². The summed E-state index contributed by atoms with van der Waals surface area (Å²) in [4.78, 5) is 11.6. The van der Waals surface area contributed by atoms with Gasteiger partial charge in [0.2, 0.25) is 5.91 Å². The highest BCUT2D eigenvalue weighted by molar-refractivity contribution is 6.36. The third-order valence-electron chi connectivity index (χ3n) is 2.66. The van der Waals surface area contributed by atoms with Gasteiger partial charge in [-0.15, -0.1) is 0 Å². The average Bonchev–Trinajstić information content (AvgIpc) is 2.89. The molecule has 1 heterocycles. The molecule has 1 amide bonds. The standard InChI is InChI=1S/C13H12Cl2N2O3/c14-9-2-1-3-10(15)13(9)11(18)7-16-12(19)6-8-4-5-20-17-8/h1-5,11,18H,6-7H2,(H,16,19)/t11-/m1/s1. The zero-order valence-corrected chi connectivity index (χ0v) is 11.9. The van der Waals surface area contributed by atoms with Crippen molar-refractivity contribution in [3.8, 4) is 0 Å². The van der Waals surface area contributed by atoms with Gasteiger partial charge in [-0.05, 0) is 12.1 Å². The minimum Gasteiger partial charge on any atom is -0.386 e. The van der Waals surface area contributed by atoms with Gasteiger partial charge in [0.1, 0.15) is 6.26 Å². The number of nitrogens with zero attached hydrogens (tertiary/aromatic N) is 1. The van der Waals surface area contributed by atoms with Crippen LogP contribution in [0, 0.1) is 0 Å². The Labute approximate surface area is 125 Å². The van der Waals surface area contributed by atoms with E-state index in [2.05, 4.69) is 15.0 Å². The first kappa shape index (κ1) is 14.8. The number of aliphatic hydroxyl groups excluding tert-OH is 1. The number of carbonyl (C=O) groups is 1. The number of amides is 1. The smallest absolute Gasteiger partial charge is 0.226 e. The molecule has 0 spiro atoms. The van der Waals surface area contributed by atoms with Crippen LogP contribution in [0.1, 0.15) is 17.4 Å². The van der Waals surface area contributed by atoms with E-state index in [-0.39, 0.29) is 18.9 Å². The second-order valence-corrected chi connectivity index (χ2v) is 4.94. The highest BCUT2D eigenvalue weighted by atomic mass is 35.5. The van der Waals surface area contributed by atoms with Crippen molar-refractivity contribution < 1.29 is 14.4 Å². The molecular weight excluding hydrogens is 303 g/mol. The number of carbonyl (C=O) groups excluding carboxylic acids is 1. The lowest BCUT2D eigenvalue weighted by Crippen LogP contribution is -2.30. The number of hydrogen-bond donors (Lipinski definition) is 2. The van der Waals surface area contributed by atoms with Gasteiger partial charge in [0.25, 0.3) is 0 Å². The third kappa shape index (κ3) is 3.72. The van der Waals surface area contributed by atoms with Gasteiger partial charge >= 0.3 is 0 Å². The lowest BCUT2D eigenvalue weighted by molar-refractivity contribution is -0.121. The van der Waals surface area contributed by atoms with E-state index >= 15 is 0 Å². The van der Waals surface area contributed by atoms with Crippen molar-refractivity contribution in [2.24, 2.45) is 0 Å². The minimum absolute atomic E-state index is 0.0140. The van der Waals surface area contributed by atoms with Crippen molar-refractivity contribution in [1.82, 2.24) is 10.5 Å². The summed E-state index contributed by atoms with van der Waals surface area (Å²) in [5, 5.41) is 17.0. The first-order valence-electron chi connectivity index (χ1n) is 5.86. The van der Waals surface area contributed by atoms with Crippen LogP contribution in [0.3, 0.4) is 0 Å². The van der Waals surface area contributed by atoms with Crippen LogP contribution in [0.4, 0.5) is 0 Å². The van der Waals surface area contributed by atoms with Crippen LogP contribution in [-0.4, -0.2) is 22.7 Å². The van der Waals surface area contributed by atoms with Gasteiger partial charge in [-0.2, -0.15) is 0 Å². The molecule has 2 rings (SSSR count). The highest BCUT2D eigenvalue weighted by Crippen LogP contribution is 2.29. The Morgan fingerprint density at radius 2 is 2.05 bits per heavy atom. The molecule has 0 radical (unpaired) electrons. The Hall–Kier alpha value is -1.56. The van der Waals surface area contributed by atoms with Gasteiger partial charge in [0, 0.05) is 28.2 Å². The Bertz CT molecular complexity index is 567. The van der Waals surface area contributed by atoms with E-state index in [0.29, 0.717) is 21.3 Å². The van der Waals surface area contributed by atoms with E-state index in [1.807, 2.05) is 0 Å². The molecule has 0 saturated heterocycles. The van der Waals surface area contributed by atoms with Crippen LogP contribution in [0.25, 0.3) is 0 Å². The molecule has 7 heteroatoms. The summed E-state index contributed by atoms with van der Waals surface area (Å²) in [6, 6.07) is 6.54. The second-order valence-electron chi connectivity index (χ2n) is 4.12. The SMILES string of the molecule is O=C(Cc1ccon1)NC[C@@H](O)c1c(Cl)cccc1Cl. The first-order chi connectivity index (χ1) is 9.58. The third-order valence-corrected chi connectivity index (χ3v) is 3.32. The Kier molecular flexibility index (Phi) is 5.00. The molecule has 2 aromatic rings. The molecule has 0 fully saturated rings. The van der Waals surface area contributed by atoms with Crippen molar-refractivity contribution in [2.75, 3.05) is 6.54 Å². The van der Waals surface area contributed by atoms with Crippen LogP contribution >= 0.6 is 23.2 Å². The van der Waals surface area contributed by atoms with Crippen molar-refractivity contribution in [3.63, 3.8) is 0 Å². The van der Waals surface area contributed by atoms with E-state index in [1.165, 1.54) is 6.26 Å². The summed E-state index contributed by atoms with van der Waals surface area (Å²) >= 11 is 12.0. The molecule has 0 aliphatic carbocycles. The normalized spacial score (nSPS) is 12.2. The van der Waals surface area contributed by atoms with Gasteiger partial charge in [-0.1, -0.05) is 34.4 Å². The number of hydrogen-bond acceptors (Lipinski definition) is 4. The molecule has 1 aromatic heterocycles. The molecule has 0 bridgehead atoms. The molecule has 0 unspecified atom stereocenters. The van der Waals surface area contributed by atoms with E-state index in [1.54, 1.807) is 24.3 Å². The quantitative estimate of drug-likeness (QED) is 0.888.